The molecule has 0 unspecified atom stereocenters. The van der Waals surface area contributed by atoms with E-state index < -0.39 is 24.5 Å². The number of aliphatic hydroxyl groups is 1. The number of carbonyl (C=O) groups excluding carboxylic acids is 3. The molecule has 0 aliphatic rings. The fourth-order valence-corrected chi connectivity index (χ4v) is 4.63. The number of rotatable bonds is 22. The normalized spacial score (nSPS) is 10.7. The quantitative estimate of drug-likeness (QED) is 0.0503. The predicted octanol–water partition coefficient (Wildman–Crippen LogP) is 7.45. The zero-order valence-corrected chi connectivity index (χ0v) is 28.2. The molecule has 9 heteroatoms. The van der Waals surface area contributed by atoms with Gasteiger partial charge in [0.15, 0.2) is 0 Å². The van der Waals surface area contributed by atoms with Crippen molar-refractivity contribution in [2.24, 2.45) is 0 Å². The summed E-state index contributed by atoms with van der Waals surface area (Å²) >= 11 is 0. The maximum atomic E-state index is 12.6. The average molecular weight is 671 g/mol. The molecule has 0 saturated carbocycles. The third-order valence-corrected chi connectivity index (χ3v) is 7.37. The Bertz CT molecular complexity index is 1540. The summed E-state index contributed by atoms with van der Waals surface area (Å²) in [5.74, 6) is 0.538. The van der Waals surface area contributed by atoms with Crippen molar-refractivity contribution in [2.45, 2.75) is 51.9 Å². The van der Waals surface area contributed by atoms with Crippen LogP contribution in [0.2, 0.25) is 0 Å². The van der Waals surface area contributed by atoms with Gasteiger partial charge >= 0.3 is 17.9 Å². The molecule has 3 aromatic rings. The second kappa shape index (κ2) is 21.7. The Labute approximate surface area is 288 Å². The number of unbranched alkanes of at least 4 members (excludes halogenated alkanes) is 4. The lowest BCUT2D eigenvalue weighted by Crippen LogP contribution is -2.10. The standard InChI is InChI=1S/C40H46O9/c1-4-32-28-36(49-39(43)23-14-31-12-17-34(18-13-31)46-25-10-11-26-47-38(42)5-2)21-22-37(32)33-15-19-35(20-16-33)45-24-8-6-7-9-27-48-40(44)30(3)29-41/h5,12-23,28,41H,2-4,6-11,24-27,29H2,1H3/b23-14+. The largest absolute Gasteiger partial charge is 0.494 e. The first-order valence-corrected chi connectivity index (χ1v) is 16.6. The van der Waals surface area contributed by atoms with E-state index in [1.165, 1.54) is 6.08 Å². The van der Waals surface area contributed by atoms with Crippen LogP contribution >= 0.6 is 0 Å². The Morgan fingerprint density at radius 1 is 0.714 bits per heavy atom. The zero-order valence-electron chi connectivity index (χ0n) is 28.2. The molecule has 0 aliphatic heterocycles. The van der Waals surface area contributed by atoms with Crippen LogP contribution in [-0.2, 0) is 30.3 Å². The summed E-state index contributed by atoms with van der Waals surface area (Å²) in [5, 5.41) is 8.88. The summed E-state index contributed by atoms with van der Waals surface area (Å²) in [6.45, 7) is 10.2. The summed E-state index contributed by atoms with van der Waals surface area (Å²) in [6.07, 6.45) is 9.94. The topological polar surface area (TPSA) is 118 Å². The Morgan fingerprint density at radius 2 is 1.29 bits per heavy atom. The van der Waals surface area contributed by atoms with E-state index in [9.17, 15) is 14.4 Å². The predicted molar refractivity (Wildman–Crippen MR) is 189 cm³/mol. The fourth-order valence-electron chi connectivity index (χ4n) is 4.63. The first-order valence-electron chi connectivity index (χ1n) is 16.6. The first kappa shape index (κ1) is 38.3. The molecule has 3 aromatic carbocycles. The molecule has 260 valence electrons. The van der Waals surface area contributed by atoms with Crippen molar-refractivity contribution in [2.75, 3.05) is 33.0 Å². The smallest absolute Gasteiger partial charge is 0.336 e. The van der Waals surface area contributed by atoms with E-state index in [1.807, 2.05) is 60.7 Å². The van der Waals surface area contributed by atoms with Crippen LogP contribution in [0.5, 0.6) is 17.2 Å². The molecule has 0 radical (unpaired) electrons. The molecule has 0 amide bonds. The lowest BCUT2D eigenvalue weighted by atomic mass is 9.98. The maximum Gasteiger partial charge on any atom is 0.336 e. The van der Waals surface area contributed by atoms with Gasteiger partial charge in [-0.15, -0.1) is 0 Å². The van der Waals surface area contributed by atoms with Crippen LogP contribution in [0.25, 0.3) is 17.2 Å². The Balaban J connectivity index is 1.39. The lowest BCUT2D eigenvalue weighted by molar-refractivity contribution is -0.140. The van der Waals surface area contributed by atoms with Crippen molar-refractivity contribution >= 4 is 24.0 Å². The highest BCUT2D eigenvalue weighted by Gasteiger charge is 2.09. The third-order valence-electron chi connectivity index (χ3n) is 7.37. The van der Waals surface area contributed by atoms with Gasteiger partial charge < -0.3 is 28.8 Å². The van der Waals surface area contributed by atoms with Gasteiger partial charge in [-0.3, -0.25) is 0 Å². The number of aliphatic hydroxyl groups excluding tert-OH is 1. The van der Waals surface area contributed by atoms with Crippen molar-refractivity contribution in [1.82, 2.24) is 0 Å². The van der Waals surface area contributed by atoms with Crippen LogP contribution in [0.4, 0.5) is 0 Å². The van der Waals surface area contributed by atoms with Crippen LogP contribution in [0.15, 0.2) is 97.6 Å². The van der Waals surface area contributed by atoms with Gasteiger partial charge in [-0.05, 0) is 110 Å². The molecule has 0 aromatic heterocycles. The molecule has 1 N–H and O–H groups in total. The number of ether oxygens (including phenoxy) is 5. The van der Waals surface area contributed by atoms with Gasteiger partial charge in [0.25, 0.3) is 0 Å². The molecule has 0 bridgehead atoms. The molecule has 0 fully saturated rings. The van der Waals surface area contributed by atoms with Crippen LogP contribution < -0.4 is 14.2 Å². The number of hydrogen-bond acceptors (Lipinski definition) is 9. The van der Waals surface area contributed by atoms with Crippen molar-refractivity contribution in [3.05, 3.63) is 109 Å². The van der Waals surface area contributed by atoms with Gasteiger partial charge in [-0.2, -0.15) is 0 Å². The van der Waals surface area contributed by atoms with E-state index >= 15 is 0 Å². The van der Waals surface area contributed by atoms with Gasteiger partial charge in [0, 0.05) is 12.2 Å². The maximum absolute atomic E-state index is 12.6. The van der Waals surface area contributed by atoms with Gasteiger partial charge in [0.1, 0.15) is 17.2 Å². The first-order chi connectivity index (χ1) is 23.8. The van der Waals surface area contributed by atoms with Crippen LogP contribution in [-0.4, -0.2) is 56.0 Å². The highest BCUT2D eigenvalue weighted by Crippen LogP contribution is 2.29. The fraction of sp³-hybridized carbons (Fsp3) is 0.325. The van der Waals surface area contributed by atoms with E-state index in [-0.39, 0.29) is 5.57 Å². The van der Waals surface area contributed by atoms with Crippen molar-refractivity contribution in [3.8, 4) is 28.4 Å². The molecule has 49 heavy (non-hydrogen) atoms. The Hall–Kier alpha value is -5.15. The SMILES string of the molecule is C=CC(=O)OCCCCOc1ccc(/C=C/C(=O)Oc2ccc(-c3ccc(OCCCCCCOC(=O)C(=C)CO)cc3)c(CC)c2)cc1. The summed E-state index contributed by atoms with van der Waals surface area (Å²) < 4.78 is 27.2. The Kier molecular flexibility index (Phi) is 16.9. The summed E-state index contributed by atoms with van der Waals surface area (Å²) in [6, 6.07) is 21.0. The second-order valence-corrected chi connectivity index (χ2v) is 11.1. The Morgan fingerprint density at radius 3 is 1.92 bits per heavy atom. The van der Waals surface area contributed by atoms with Crippen molar-refractivity contribution in [3.63, 3.8) is 0 Å². The number of aryl methyl sites for hydroxylation is 1. The molecule has 9 nitrogen and oxygen atoms in total. The number of carbonyl (C=O) groups is 3. The number of hydrogen-bond donors (Lipinski definition) is 1. The van der Waals surface area contributed by atoms with Gasteiger partial charge in [0.05, 0.1) is 38.6 Å². The molecular weight excluding hydrogens is 624 g/mol. The van der Waals surface area contributed by atoms with E-state index in [2.05, 4.69) is 20.1 Å². The zero-order chi connectivity index (χ0) is 35.3. The molecule has 0 saturated heterocycles. The van der Waals surface area contributed by atoms with Crippen molar-refractivity contribution in [1.29, 1.82) is 0 Å². The molecule has 3 rings (SSSR count). The van der Waals surface area contributed by atoms with Gasteiger partial charge in [-0.1, -0.05) is 50.4 Å². The number of esters is 3. The second-order valence-electron chi connectivity index (χ2n) is 11.1. The van der Waals surface area contributed by atoms with Crippen LogP contribution in [0.1, 0.15) is 56.6 Å². The summed E-state index contributed by atoms with van der Waals surface area (Å²) in [4.78, 5) is 35.0. The highest BCUT2D eigenvalue weighted by atomic mass is 16.5. The average Bonchev–Trinajstić information content (AvgIpc) is 3.13. The van der Waals surface area contributed by atoms with E-state index in [4.69, 9.17) is 28.8 Å². The minimum Gasteiger partial charge on any atom is -0.494 e. The summed E-state index contributed by atoms with van der Waals surface area (Å²) in [7, 11) is 0. The molecule has 0 spiro atoms. The molecular formula is C40H46O9. The van der Waals surface area contributed by atoms with E-state index in [0.29, 0.717) is 44.3 Å². The molecule has 0 aliphatic carbocycles. The summed E-state index contributed by atoms with van der Waals surface area (Å²) in [5.41, 5.74) is 4.06. The van der Waals surface area contributed by atoms with E-state index in [1.54, 1.807) is 12.1 Å². The van der Waals surface area contributed by atoms with E-state index in [0.717, 1.165) is 72.6 Å². The van der Waals surface area contributed by atoms with Crippen LogP contribution in [0, 0.1) is 0 Å². The highest BCUT2D eigenvalue weighted by molar-refractivity contribution is 5.89. The molecule has 0 heterocycles. The van der Waals surface area contributed by atoms with Gasteiger partial charge in [0.2, 0.25) is 0 Å². The third kappa shape index (κ3) is 14.2. The molecule has 0 atom stereocenters. The minimum absolute atomic E-state index is 0.0657. The minimum atomic E-state index is -0.550. The van der Waals surface area contributed by atoms with Crippen LogP contribution in [0.3, 0.4) is 0 Å². The number of benzene rings is 3. The van der Waals surface area contributed by atoms with Gasteiger partial charge in [-0.25, -0.2) is 14.4 Å². The lowest BCUT2D eigenvalue weighted by Gasteiger charge is -2.12. The van der Waals surface area contributed by atoms with Crippen molar-refractivity contribution < 1.29 is 43.2 Å². The monoisotopic (exact) mass is 670 g/mol.